The summed E-state index contributed by atoms with van der Waals surface area (Å²) < 4.78 is 29.6. The van der Waals surface area contributed by atoms with Crippen molar-refractivity contribution in [1.82, 2.24) is 0 Å². The zero-order chi connectivity index (χ0) is 13.1. The molecule has 0 fully saturated rings. The van der Waals surface area contributed by atoms with E-state index in [1.54, 1.807) is 30.3 Å². The lowest BCUT2D eigenvalue weighted by atomic mass is 10.1. The third-order valence-corrected chi connectivity index (χ3v) is 3.68. The second kappa shape index (κ2) is 5.65. The van der Waals surface area contributed by atoms with Crippen molar-refractivity contribution in [1.29, 1.82) is 0 Å². The van der Waals surface area contributed by atoms with Gasteiger partial charge in [-0.2, -0.15) is 8.78 Å². The number of para-hydroxylation sites is 1. The fourth-order valence-corrected chi connectivity index (χ4v) is 2.67. The molecule has 2 aromatic rings. The number of ether oxygens (including phenoxy) is 1. The summed E-state index contributed by atoms with van der Waals surface area (Å²) in [5.74, 6) is 0.0875. The summed E-state index contributed by atoms with van der Waals surface area (Å²) in [5.41, 5.74) is 6.54. The van der Waals surface area contributed by atoms with Gasteiger partial charge in [0.2, 0.25) is 0 Å². The summed E-state index contributed by atoms with van der Waals surface area (Å²) in [4.78, 5) is 0.797. The predicted octanol–water partition coefficient (Wildman–Crippen LogP) is 4.05. The highest BCUT2D eigenvalue weighted by Gasteiger charge is 2.17. The van der Waals surface area contributed by atoms with Gasteiger partial charge in [-0.05, 0) is 18.2 Å². The van der Waals surface area contributed by atoms with Crippen LogP contribution >= 0.6 is 22.9 Å². The van der Waals surface area contributed by atoms with Gasteiger partial charge in [-0.1, -0.05) is 29.8 Å². The van der Waals surface area contributed by atoms with Crippen molar-refractivity contribution in [3.8, 4) is 5.75 Å². The largest absolute Gasteiger partial charge is 0.434 e. The van der Waals surface area contributed by atoms with Crippen LogP contribution in [-0.2, 0) is 0 Å². The second-order valence-corrected chi connectivity index (χ2v) is 5.28. The molecule has 2 N–H and O–H groups in total. The second-order valence-electron chi connectivity index (χ2n) is 3.54. The van der Waals surface area contributed by atoms with E-state index in [9.17, 15) is 8.78 Å². The minimum Gasteiger partial charge on any atom is -0.434 e. The molecular weight excluding hydrogens is 280 g/mol. The van der Waals surface area contributed by atoms with E-state index >= 15 is 0 Å². The van der Waals surface area contributed by atoms with Crippen molar-refractivity contribution in [2.24, 2.45) is 5.73 Å². The number of alkyl halides is 2. The molecule has 6 heteroatoms. The minimum atomic E-state index is -2.87. The highest BCUT2D eigenvalue weighted by Crippen LogP contribution is 2.34. The number of hydrogen-bond donors (Lipinski definition) is 1. The molecule has 0 aliphatic heterocycles. The molecule has 96 valence electrons. The van der Waals surface area contributed by atoms with E-state index in [-0.39, 0.29) is 5.75 Å². The predicted molar refractivity (Wildman–Crippen MR) is 68.4 cm³/mol. The molecule has 1 unspecified atom stereocenters. The van der Waals surface area contributed by atoms with Crippen LogP contribution in [0.25, 0.3) is 0 Å². The summed E-state index contributed by atoms with van der Waals surface area (Å²) >= 11 is 7.14. The maximum absolute atomic E-state index is 12.3. The van der Waals surface area contributed by atoms with E-state index in [4.69, 9.17) is 17.3 Å². The van der Waals surface area contributed by atoms with Crippen LogP contribution in [0, 0.1) is 0 Å². The first-order valence-corrected chi connectivity index (χ1v) is 6.32. The third kappa shape index (κ3) is 2.98. The molecular formula is C12H10ClF2NOS. The first-order chi connectivity index (χ1) is 8.58. The molecule has 18 heavy (non-hydrogen) atoms. The quantitative estimate of drug-likeness (QED) is 0.921. The van der Waals surface area contributed by atoms with Gasteiger partial charge < -0.3 is 10.5 Å². The van der Waals surface area contributed by atoms with Gasteiger partial charge in [0.05, 0.1) is 10.4 Å². The van der Waals surface area contributed by atoms with Crippen LogP contribution in [0.2, 0.25) is 4.34 Å². The van der Waals surface area contributed by atoms with Gasteiger partial charge in [-0.3, -0.25) is 0 Å². The fourth-order valence-electron chi connectivity index (χ4n) is 1.59. The van der Waals surface area contributed by atoms with Gasteiger partial charge in [0, 0.05) is 10.4 Å². The average Bonchev–Trinajstić information content (AvgIpc) is 2.75. The van der Waals surface area contributed by atoms with Gasteiger partial charge in [-0.25, -0.2) is 0 Å². The minimum absolute atomic E-state index is 0.0875. The van der Waals surface area contributed by atoms with Crippen LogP contribution in [0.5, 0.6) is 5.75 Å². The summed E-state index contributed by atoms with van der Waals surface area (Å²) in [7, 11) is 0. The summed E-state index contributed by atoms with van der Waals surface area (Å²) in [5, 5.41) is 0. The standard InChI is InChI=1S/C12H10ClF2NOS/c13-10-6-5-9(18-10)11(16)7-3-1-2-4-8(7)17-12(14)15/h1-6,11-12H,16H2. The van der Waals surface area contributed by atoms with Crippen LogP contribution in [0.3, 0.4) is 0 Å². The molecule has 0 saturated heterocycles. The summed E-state index contributed by atoms with van der Waals surface area (Å²) in [6.45, 7) is -2.87. The van der Waals surface area contributed by atoms with Crippen LogP contribution in [0.1, 0.15) is 16.5 Å². The van der Waals surface area contributed by atoms with E-state index < -0.39 is 12.7 Å². The lowest BCUT2D eigenvalue weighted by Crippen LogP contribution is -2.13. The maximum atomic E-state index is 12.3. The molecule has 0 aliphatic carbocycles. The van der Waals surface area contributed by atoms with E-state index in [2.05, 4.69) is 4.74 Å². The van der Waals surface area contributed by atoms with Crippen LogP contribution in [0.15, 0.2) is 36.4 Å². The van der Waals surface area contributed by atoms with Crippen molar-refractivity contribution >= 4 is 22.9 Å². The lowest BCUT2D eigenvalue weighted by molar-refractivity contribution is -0.0505. The topological polar surface area (TPSA) is 35.2 Å². The Kier molecular flexibility index (Phi) is 4.16. The number of thiophene rings is 1. The Morgan fingerprint density at radius 3 is 2.50 bits per heavy atom. The van der Waals surface area contributed by atoms with Gasteiger partial charge in [0.15, 0.2) is 0 Å². The molecule has 0 bridgehead atoms. The molecule has 0 saturated carbocycles. The molecule has 1 aromatic carbocycles. The molecule has 0 radical (unpaired) electrons. The summed E-state index contributed by atoms with van der Waals surface area (Å²) in [6.07, 6.45) is 0. The monoisotopic (exact) mass is 289 g/mol. The molecule has 0 aliphatic rings. The zero-order valence-electron chi connectivity index (χ0n) is 9.15. The number of halogens is 3. The first-order valence-electron chi connectivity index (χ1n) is 5.12. The average molecular weight is 290 g/mol. The number of hydrogen-bond acceptors (Lipinski definition) is 3. The molecule has 0 amide bonds. The Labute approximate surface area is 112 Å². The van der Waals surface area contributed by atoms with Gasteiger partial charge in [0.1, 0.15) is 5.75 Å². The molecule has 1 heterocycles. The Morgan fingerprint density at radius 1 is 1.17 bits per heavy atom. The molecule has 2 rings (SSSR count). The smallest absolute Gasteiger partial charge is 0.387 e. The Hall–Kier alpha value is -1.17. The number of rotatable bonds is 4. The lowest BCUT2D eigenvalue weighted by Gasteiger charge is -2.15. The molecule has 0 spiro atoms. The van der Waals surface area contributed by atoms with E-state index in [0.717, 1.165) is 4.88 Å². The first kappa shape index (κ1) is 13.3. The number of benzene rings is 1. The van der Waals surface area contributed by atoms with Crippen molar-refractivity contribution in [3.63, 3.8) is 0 Å². The van der Waals surface area contributed by atoms with Gasteiger partial charge >= 0.3 is 6.61 Å². The summed E-state index contributed by atoms with van der Waals surface area (Å²) in [6, 6.07) is 9.44. The van der Waals surface area contributed by atoms with E-state index in [0.29, 0.717) is 9.90 Å². The van der Waals surface area contributed by atoms with Crippen molar-refractivity contribution in [3.05, 3.63) is 51.2 Å². The van der Waals surface area contributed by atoms with E-state index in [1.165, 1.54) is 17.4 Å². The van der Waals surface area contributed by atoms with Crippen molar-refractivity contribution < 1.29 is 13.5 Å². The van der Waals surface area contributed by atoms with Crippen LogP contribution in [-0.4, -0.2) is 6.61 Å². The normalized spacial score (nSPS) is 12.7. The highest BCUT2D eigenvalue weighted by atomic mass is 35.5. The molecule has 2 nitrogen and oxygen atoms in total. The van der Waals surface area contributed by atoms with Crippen LogP contribution in [0.4, 0.5) is 8.78 Å². The Bertz CT molecular complexity index is 532. The van der Waals surface area contributed by atoms with Crippen molar-refractivity contribution in [2.75, 3.05) is 0 Å². The number of nitrogens with two attached hydrogens (primary N) is 1. The van der Waals surface area contributed by atoms with Crippen molar-refractivity contribution in [2.45, 2.75) is 12.7 Å². The van der Waals surface area contributed by atoms with Gasteiger partial charge in [-0.15, -0.1) is 11.3 Å². The fraction of sp³-hybridized carbons (Fsp3) is 0.167. The van der Waals surface area contributed by atoms with E-state index in [1.807, 2.05) is 0 Å². The molecule has 1 atom stereocenters. The van der Waals surface area contributed by atoms with Gasteiger partial charge in [0.25, 0.3) is 0 Å². The molecule has 1 aromatic heterocycles. The highest BCUT2D eigenvalue weighted by molar-refractivity contribution is 7.16. The zero-order valence-corrected chi connectivity index (χ0v) is 10.7. The Morgan fingerprint density at radius 2 is 1.89 bits per heavy atom. The Balaban J connectivity index is 2.32. The third-order valence-electron chi connectivity index (χ3n) is 2.37. The SMILES string of the molecule is NC(c1ccc(Cl)s1)c1ccccc1OC(F)F. The maximum Gasteiger partial charge on any atom is 0.387 e. The van der Waals surface area contributed by atoms with Crippen LogP contribution < -0.4 is 10.5 Å².